The standard InChI is InChI=1S/C10H12O2/c1-2-8-4-7-5-11-6-9(7)10(3-1)12-8/h5-6,8,10H,1-4H2/t8-,10+/m0/s1. The zero-order valence-corrected chi connectivity index (χ0v) is 6.95. The third-order valence-corrected chi connectivity index (χ3v) is 2.92. The summed E-state index contributed by atoms with van der Waals surface area (Å²) in [6.45, 7) is 0. The molecule has 0 amide bonds. The first-order valence-corrected chi connectivity index (χ1v) is 4.64. The van der Waals surface area contributed by atoms with Crippen LogP contribution in [0.5, 0.6) is 0 Å². The maximum atomic E-state index is 5.85. The zero-order chi connectivity index (χ0) is 7.97. The highest BCUT2D eigenvalue weighted by Crippen LogP contribution is 2.39. The second kappa shape index (κ2) is 2.36. The van der Waals surface area contributed by atoms with E-state index < -0.39 is 0 Å². The van der Waals surface area contributed by atoms with E-state index in [0.29, 0.717) is 12.2 Å². The number of ether oxygens (including phenoxy) is 1. The normalized spacial score (nSPS) is 33.0. The zero-order valence-electron chi connectivity index (χ0n) is 6.95. The summed E-state index contributed by atoms with van der Waals surface area (Å²) in [5.74, 6) is 0. The quantitative estimate of drug-likeness (QED) is 0.587. The van der Waals surface area contributed by atoms with Crippen LogP contribution < -0.4 is 0 Å². The van der Waals surface area contributed by atoms with E-state index in [1.165, 1.54) is 30.4 Å². The van der Waals surface area contributed by atoms with Crippen molar-refractivity contribution in [1.82, 2.24) is 0 Å². The van der Waals surface area contributed by atoms with Crippen molar-refractivity contribution in [3.05, 3.63) is 23.7 Å². The summed E-state index contributed by atoms with van der Waals surface area (Å²) in [5, 5.41) is 0. The van der Waals surface area contributed by atoms with Crippen LogP contribution in [0, 0.1) is 0 Å². The highest BCUT2D eigenvalue weighted by atomic mass is 16.5. The van der Waals surface area contributed by atoms with Gasteiger partial charge >= 0.3 is 0 Å². The van der Waals surface area contributed by atoms with Gasteiger partial charge in [0.25, 0.3) is 0 Å². The highest BCUT2D eigenvalue weighted by Gasteiger charge is 2.31. The van der Waals surface area contributed by atoms with E-state index in [9.17, 15) is 0 Å². The first-order chi connectivity index (χ1) is 5.93. The van der Waals surface area contributed by atoms with Gasteiger partial charge in [0.2, 0.25) is 0 Å². The summed E-state index contributed by atoms with van der Waals surface area (Å²) in [5.41, 5.74) is 2.67. The number of hydrogen-bond donors (Lipinski definition) is 0. The van der Waals surface area contributed by atoms with Crippen molar-refractivity contribution in [3.8, 4) is 0 Å². The maximum absolute atomic E-state index is 5.85. The molecule has 2 aliphatic rings. The fourth-order valence-corrected chi connectivity index (χ4v) is 2.31. The molecule has 2 atom stereocenters. The molecule has 0 saturated carbocycles. The molecule has 1 saturated heterocycles. The van der Waals surface area contributed by atoms with E-state index >= 15 is 0 Å². The van der Waals surface area contributed by atoms with E-state index in [-0.39, 0.29) is 0 Å². The highest BCUT2D eigenvalue weighted by molar-refractivity contribution is 5.27. The average Bonchev–Trinajstić information content (AvgIpc) is 2.53. The summed E-state index contributed by atoms with van der Waals surface area (Å²) in [4.78, 5) is 0. The lowest BCUT2D eigenvalue weighted by Crippen LogP contribution is -2.29. The third kappa shape index (κ3) is 0.845. The van der Waals surface area contributed by atoms with E-state index in [4.69, 9.17) is 9.15 Å². The van der Waals surface area contributed by atoms with E-state index in [1.807, 2.05) is 12.5 Å². The van der Waals surface area contributed by atoms with Gasteiger partial charge in [-0.3, -0.25) is 0 Å². The van der Waals surface area contributed by atoms with Gasteiger partial charge in [0.15, 0.2) is 0 Å². The maximum Gasteiger partial charge on any atom is 0.0963 e. The summed E-state index contributed by atoms with van der Waals surface area (Å²) in [6.07, 6.45) is 9.29. The molecule has 12 heavy (non-hydrogen) atoms. The molecule has 0 spiro atoms. The lowest BCUT2D eigenvalue weighted by molar-refractivity contribution is -0.0615. The van der Waals surface area contributed by atoms with Crippen LogP contribution in [0.1, 0.15) is 36.5 Å². The first kappa shape index (κ1) is 6.72. The molecule has 3 rings (SSSR count). The minimum atomic E-state index is 0.339. The van der Waals surface area contributed by atoms with Crippen molar-refractivity contribution in [2.45, 2.75) is 37.9 Å². The predicted molar refractivity (Wildman–Crippen MR) is 43.9 cm³/mol. The second-order valence-corrected chi connectivity index (χ2v) is 3.73. The van der Waals surface area contributed by atoms with Crippen molar-refractivity contribution < 1.29 is 9.15 Å². The van der Waals surface area contributed by atoms with Crippen molar-refractivity contribution in [3.63, 3.8) is 0 Å². The number of hydrogen-bond acceptors (Lipinski definition) is 2. The van der Waals surface area contributed by atoms with Crippen molar-refractivity contribution >= 4 is 0 Å². The Kier molecular flexibility index (Phi) is 1.32. The molecule has 2 aliphatic heterocycles. The molecular formula is C10H12O2. The first-order valence-electron chi connectivity index (χ1n) is 4.64. The van der Waals surface area contributed by atoms with Gasteiger partial charge in [0.1, 0.15) is 0 Å². The van der Waals surface area contributed by atoms with Crippen LogP contribution in [0.3, 0.4) is 0 Å². The van der Waals surface area contributed by atoms with Gasteiger partial charge in [-0.25, -0.2) is 0 Å². The third-order valence-electron chi connectivity index (χ3n) is 2.92. The van der Waals surface area contributed by atoms with Crippen molar-refractivity contribution in [2.75, 3.05) is 0 Å². The Morgan fingerprint density at radius 3 is 3.25 bits per heavy atom. The van der Waals surface area contributed by atoms with Crippen LogP contribution in [0.2, 0.25) is 0 Å². The Balaban J connectivity index is 2.04. The molecule has 0 unspecified atom stereocenters. The Bertz CT molecular complexity index is 290. The summed E-state index contributed by atoms with van der Waals surface area (Å²) in [6, 6.07) is 0. The number of fused-ring (bicyclic) bond motifs is 4. The fourth-order valence-electron chi connectivity index (χ4n) is 2.31. The SMILES string of the molecule is c1occ2c1C[C@@H]1CCC[C@H]2O1. The molecular weight excluding hydrogens is 152 g/mol. The van der Waals surface area contributed by atoms with Crippen LogP contribution in [0.4, 0.5) is 0 Å². The molecule has 0 N–H and O–H groups in total. The van der Waals surface area contributed by atoms with Crippen LogP contribution >= 0.6 is 0 Å². The van der Waals surface area contributed by atoms with Gasteiger partial charge in [-0.05, 0) is 24.8 Å². The molecule has 0 aliphatic carbocycles. The lowest BCUT2D eigenvalue weighted by atomic mass is 9.89. The molecule has 1 aromatic heterocycles. The molecule has 2 nitrogen and oxygen atoms in total. The number of rotatable bonds is 0. The van der Waals surface area contributed by atoms with Crippen LogP contribution in [0.25, 0.3) is 0 Å². The van der Waals surface area contributed by atoms with Crippen LogP contribution in [-0.2, 0) is 11.2 Å². The second-order valence-electron chi connectivity index (χ2n) is 3.73. The molecule has 1 fully saturated rings. The Morgan fingerprint density at radius 1 is 1.25 bits per heavy atom. The summed E-state index contributed by atoms with van der Waals surface area (Å²) in [7, 11) is 0. The molecule has 0 radical (unpaired) electrons. The van der Waals surface area contributed by atoms with Gasteiger partial charge in [-0.2, -0.15) is 0 Å². The predicted octanol–water partition coefficient (Wildman–Crippen LogP) is 2.45. The molecule has 64 valence electrons. The Labute approximate surface area is 71.5 Å². The summed E-state index contributed by atoms with van der Waals surface area (Å²) >= 11 is 0. The summed E-state index contributed by atoms with van der Waals surface area (Å²) < 4.78 is 11.0. The Hall–Kier alpha value is -0.760. The lowest BCUT2D eigenvalue weighted by Gasteiger charge is -2.34. The van der Waals surface area contributed by atoms with E-state index in [1.54, 1.807) is 0 Å². The van der Waals surface area contributed by atoms with Crippen molar-refractivity contribution in [2.24, 2.45) is 0 Å². The van der Waals surface area contributed by atoms with Gasteiger partial charge in [-0.15, -0.1) is 0 Å². The average molecular weight is 164 g/mol. The van der Waals surface area contributed by atoms with Gasteiger partial charge in [0.05, 0.1) is 24.7 Å². The number of furan rings is 1. The molecule has 2 heteroatoms. The molecule has 3 heterocycles. The minimum Gasteiger partial charge on any atom is -0.472 e. The van der Waals surface area contributed by atoms with Crippen LogP contribution in [0.15, 0.2) is 16.9 Å². The van der Waals surface area contributed by atoms with Gasteiger partial charge in [0, 0.05) is 12.0 Å². The minimum absolute atomic E-state index is 0.339. The topological polar surface area (TPSA) is 22.4 Å². The molecule has 2 bridgehead atoms. The largest absolute Gasteiger partial charge is 0.472 e. The van der Waals surface area contributed by atoms with Gasteiger partial charge in [-0.1, -0.05) is 0 Å². The van der Waals surface area contributed by atoms with Gasteiger partial charge < -0.3 is 9.15 Å². The van der Waals surface area contributed by atoms with E-state index in [0.717, 1.165) is 6.42 Å². The monoisotopic (exact) mass is 164 g/mol. The molecule has 0 aromatic carbocycles. The Morgan fingerprint density at radius 2 is 2.25 bits per heavy atom. The molecule has 1 aromatic rings. The van der Waals surface area contributed by atoms with Crippen LogP contribution in [-0.4, -0.2) is 6.10 Å². The van der Waals surface area contributed by atoms with E-state index in [2.05, 4.69) is 0 Å². The van der Waals surface area contributed by atoms with Crippen molar-refractivity contribution in [1.29, 1.82) is 0 Å². The smallest absolute Gasteiger partial charge is 0.0963 e. The fraction of sp³-hybridized carbons (Fsp3) is 0.600.